The van der Waals surface area contributed by atoms with Crippen LogP contribution in [0.15, 0.2) is 42.5 Å². The molecule has 1 aliphatic heterocycles. The van der Waals surface area contributed by atoms with Gasteiger partial charge in [-0.1, -0.05) is 36.4 Å². The number of hydrogen-bond acceptors (Lipinski definition) is 2. The fourth-order valence-corrected chi connectivity index (χ4v) is 4.05. The molecule has 1 amide bonds. The van der Waals surface area contributed by atoms with E-state index in [1.807, 2.05) is 43.0 Å². The van der Waals surface area contributed by atoms with Gasteiger partial charge in [0, 0.05) is 18.4 Å². The highest BCUT2D eigenvalue weighted by Crippen LogP contribution is 2.51. The zero-order valence-electron chi connectivity index (χ0n) is 12.7. The summed E-state index contributed by atoms with van der Waals surface area (Å²) >= 11 is 0. The van der Waals surface area contributed by atoms with Gasteiger partial charge < -0.3 is 4.90 Å². The standard InChI is InChI=1S/C18H21NO2/c1-12(2)19-17(21)15-10-9-14(20)11-16(15)18(19,3)13-7-5-4-6-8-13/h4-10,12,15-16H,11H2,1-3H3/t15-,16+,18-/m1/s1. The Bertz CT molecular complexity index is 605. The summed E-state index contributed by atoms with van der Waals surface area (Å²) < 4.78 is 0. The number of benzene rings is 1. The van der Waals surface area contributed by atoms with Crippen molar-refractivity contribution in [2.75, 3.05) is 0 Å². The molecule has 3 heteroatoms. The molecule has 1 heterocycles. The van der Waals surface area contributed by atoms with Gasteiger partial charge in [-0.3, -0.25) is 9.59 Å². The third-order valence-electron chi connectivity index (χ3n) is 4.96. The van der Waals surface area contributed by atoms with Gasteiger partial charge in [-0.25, -0.2) is 0 Å². The number of rotatable bonds is 2. The van der Waals surface area contributed by atoms with E-state index < -0.39 is 5.54 Å². The summed E-state index contributed by atoms with van der Waals surface area (Å²) in [5, 5.41) is 0. The Morgan fingerprint density at radius 3 is 2.48 bits per heavy atom. The van der Waals surface area contributed by atoms with E-state index in [1.54, 1.807) is 6.08 Å². The highest BCUT2D eigenvalue weighted by atomic mass is 16.2. The molecule has 1 aromatic carbocycles. The van der Waals surface area contributed by atoms with Crippen LogP contribution in [0.3, 0.4) is 0 Å². The van der Waals surface area contributed by atoms with Crippen LogP contribution in [0.25, 0.3) is 0 Å². The minimum absolute atomic E-state index is 0.0206. The summed E-state index contributed by atoms with van der Waals surface area (Å²) in [4.78, 5) is 26.7. The number of likely N-dealkylation sites (tertiary alicyclic amines) is 1. The van der Waals surface area contributed by atoms with Gasteiger partial charge >= 0.3 is 0 Å². The normalized spacial score (nSPS) is 31.9. The first-order chi connectivity index (χ1) is 9.96. The number of hydrogen-bond donors (Lipinski definition) is 0. The Kier molecular flexibility index (Phi) is 3.23. The molecule has 0 aromatic heterocycles. The molecular formula is C18H21NO2. The maximum absolute atomic E-state index is 12.8. The van der Waals surface area contributed by atoms with Gasteiger partial charge in [-0.2, -0.15) is 0 Å². The molecule has 3 atom stereocenters. The van der Waals surface area contributed by atoms with E-state index in [1.165, 1.54) is 0 Å². The molecule has 1 fully saturated rings. The molecule has 0 spiro atoms. The second-order valence-corrected chi connectivity index (χ2v) is 6.48. The van der Waals surface area contributed by atoms with Crippen molar-refractivity contribution in [1.82, 2.24) is 4.90 Å². The Labute approximate surface area is 125 Å². The van der Waals surface area contributed by atoms with Gasteiger partial charge in [0.2, 0.25) is 5.91 Å². The average Bonchev–Trinajstić information content (AvgIpc) is 2.69. The maximum Gasteiger partial charge on any atom is 0.230 e. The number of fused-ring (bicyclic) bond motifs is 1. The quantitative estimate of drug-likeness (QED) is 0.837. The SMILES string of the molecule is CC(C)N1C(=O)[C@@H]2C=CC(=O)C[C@@H]2[C@@]1(C)c1ccccc1. The molecule has 3 nitrogen and oxygen atoms in total. The Balaban J connectivity index is 2.16. The number of carbonyl (C=O) groups is 2. The summed E-state index contributed by atoms with van der Waals surface area (Å²) in [5.74, 6) is 0.115. The summed E-state index contributed by atoms with van der Waals surface area (Å²) in [6, 6.07) is 10.2. The number of amides is 1. The molecule has 0 bridgehead atoms. The maximum atomic E-state index is 12.8. The predicted octanol–water partition coefficient (Wildman–Crippen LogP) is 2.91. The topological polar surface area (TPSA) is 37.4 Å². The van der Waals surface area contributed by atoms with E-state index in [-0.39, 0.29) is 29.6 Å². The van der Waals surface area contributed by atoms with Crippen molar-refractivity contribution >= 4 is 11.7 Å². The van der Waals surface area contributed by atoms with Crippen LogP contribution in [-0.2, 0) is 15.1 Å². The van der Waals surface area contributed by atoms with Crippen molar-refractivity contribution < 1.29 is 9.59 Å². The van der Waals surface area contributed by atoms with Crippen LogP contribution < -0.4 is 0 Å². The van der Waals surface area contributed by atoms with Gasteiger partial charge in [0.05, 0.1) is 11.5 Å². The molecular weight excluding hydrogens is 262 g/mol. The summed E-state index contributed by atoms with van der Waals surface area (Å²) in [6.45, 7) is 6.20. The minimum atomic E-state index is -0.419. The number of nitrogens with zero attached hydrogens (tertiary/aromatic N) is 1. The molecule has 110 valence electrons. The molecule has 1 saturated heterocycles. The first-order valence-corrected chi connectivity index (χ1v) is 7.56. The Hall–Kier alpha value is -1.90. The van der Waals surface area contributed by atoms with Crippen LogP contribution in [0.2, 0.25) is 0 Å². The lowest BCUT2D eigenvalue weighted by Gasteiger charge is -2.42. The van der Waals surface area contributed by atoms with E-state index >= 15 is 0 Å². The van der Waals surface area contributed by atoms with E-state index in [4.69, 9.17) is 0 Å². The van der Waals surface area contributed by atoms with E-state index in [0.29, 0.717) is 6.42 Å². The predicted molar refractivity (Wildman–Crippen MR) is 81.5 cm³/mol. The summed E-state index contributed by atoms with van der Waals surface area (Å²) in [6.07, 6.45) is 3.83. The van der Waals surface area contributed by atoms with Gasteiger partial charge in [-0.05, 0) is 32.4 Å². The lowest BCUT2D eigenvalue weighted by Crippen LogP contribution is -2.48. The van der Waals surface area contributed by atoms with Crippen molar-refractivity contribution in [3.8, 4) is 0 Å². The minimum Gasteiger partial charge on any atom is -0.330 e. The van der Waals surface area contributed by atoms with Crippen molar-refractivity contribution in [3.05, 3.63) is 48.0 Å². The number of ketones is 1. The second-order valence-electron chi connectivity index (χ2n) is 6.48. The van der Waals surface area contributed by atoms with Crippen LogP contribution in [-0.4, -0.2) is 22.6 Å². The van der Waals surface area contributed by atoms with Gasteiger partial charge in [0.1, 0.15) is 0 Å². The molecule has 21 heavy (non-hydrogen) atoms. The lowest BCUT2D eigenvalue weighted by molar-refractivity contribution is -0.134. The summed E-state index contributed by atoms with van der Waals surface area (Å²) in [5.41, 5.74) is 0.695. The molecule has 2 aliphatic rings. The highest BCUT2D eigenvalue weighted by Gasteiger charge is 2.57. The third kappa shape index (κ3) is 1.95. The molecule has 0 N–H and O–H groups in total. The molecule has 0 radical (unpaired) electrons. The smallest absolute Gasteiger partial charge is 0.230 e. The molecule has 3 rings (SSSR count). The summed E-state index contributed by atoms with van der Waals surface area (Å²) in [7, 11) is 0. The third-order valence-corrected chi connectivity index (χ3v) is 4.96. The first-order valence-electron chi connectivity index (χ1n) is 7.56. The van der Waals surface area contributed by atoms with Gasteiger partial charge in [0.15, 0.2) is 5.78 Å². The molecule has 1 aliphatic carbocycles. The van der Waals surface area contributed by atoms with Crippen molar-refractivity contribution in [2.24, 2.45) is 11.8 Å². The molecule has 0 saturated carbocycles. The highest BCUT2D eigenvalue weighted by molar-refractivity contribution is 5.96. The van der Waals surface area contributed by atoms with Crippen LogP contribution in [0.4, 0.5) is 0 Å². The van der Waals surface area contributed by atoms with Crippen molar-refractivity contribution in [2.45, 2.75) is 38.8 Å². The van der Waals surface area contributed by atoms with Gasteiger partial charge in [0.25, 0.3) is 0 Å². The van der Waals surface area contributed by atoms with Crippen LogP contribution in [0.1, 0.15) is 32.8 Å². The Morgan fingerprint density at radius 2 is 1.86 bits per heavy atom. The van der Waals surface area contributed by atoms with E-state index in [2.05, 4.69) is 19.1 Å². The lowest BCUT2D eigenvalue weighted by atomic mass is 9.71. The average molecular weight is 283 g/mol. The fourth-order valence-electron chi connectivity index (χ4n) is 4.05. The largest absolute Gasteiger partial charge is 0.330 e. The van der Waals surface area contributed by atoms with Crippen molar-refractivity contribution in [1.29, 1.82) is 0 Å². The first kappa shape index (κ1) is 14.1. The molecule has 0 unspecified atom stereocenters. The number of carbonyl (C=O) groups excluding carboxylic acids is 2. The zero-order chi connectivity index (χ0) is 15.2. The fraction of sp³-hybridized carbons (Fsp3) is 0.444. The van der Waals surface area contributed by atoms with Crippen LogP contribution in [0.5, 0.6) is 0 Å². The monoisotopic (exact) mass is 283 g/mol. The zero-order valence-corrected chi connectivity index (χ0v) is 12.7. The Morgan fingerprint density at radius 1 is 1.19 bits per heavy atom. The van der Waals surface area contributed by atoms with E-state index in [0.717, 1.165) is 5.56 Å². The van der Waals surface area contributed by atoms with Crippen molar-refractivity contribution in [3.63, 3.8) is 0 Å². The van der Waals surface area contributed by atoms with Crippen LogP contribution >= 0.6 is 0 Å². The second kappa shape index (κ2) is 4.83. The number of allylic oxidation sites excluding steroid dienone is 1. The molecule has 1 aromatic rings. The van der Waals surface area contributed by atoms with Crippen LogP contribution in [0, 0.1) is 11.8 Å². The van der Waals surface area contributed by atoms with E-state index in [9.17, 15) is 9.59 Å². The van der Waals surface area contributed by atoms with Gasteiger partial charge in [-0.15, -0.1) is 0 Å².